The quantitative estimate of drug-likeness (QED) is 0.330. The second-order valence-corrected chi connectivity index (χ2v) is 11.0. The first-order valence-electron chi connectivity index (χ1n) is 5.00. The molecule has 0 unspecified atom stereocenters. The molecular formula is C9H20Cl2Si. The van der Waals surface area contributed by atoms with Crippen LogP contribution in [-0.2, 0) is 0 Å². The monoisotopic (exact) mass is 226 g/mol. The van der Waals surface area contributed by atoms with Crippen LogP contribution in [0.3, 0.4) is 0 Å². The summed E-state index contributed by atoms with van der Waals surface area (Å²) in [5.74, 6) is 0. The highest BCUT2D eigenvalue weighted by Gasteiger charge is 2.25. The second kappa shape index (κ2) is 7.22. The summed E-state index contributed by atoms with van der Waals surface area (Å²) >= 11 is 12.4. The topological polar surface area (TPSA) is 0 Å². The van der Waals surface area contributed by atoms with Gasteiger partial charge in [-0.3, -0.25) is 0 Å². The molecule has 0 spiro atoms. The molecule has 0 bridgehead atoms. The van der Waals surface area contributed by atoms with Gasteiger partial charge in [0.1, 0.15) is 0 Å². The maximum Gasteiger partial charge on any atom is 0.251 e. The lowest BCUT2D eigenvalue weighted by atomic mass is 10.2. The molecule has 74 valence electrons. The first-order chi connectivity index (χ1) is 5.62. The molecule has 0 nitrogen and oxygen atoms in total. The normalized spacial score (nSPS) is 12.0. The van der Waals surface area contributed by atoms with E-state index < -0.39 is 6.69 Å². The van der Waals surface area contributed by atoms with Gasteiger partial charge in [0.2, 0.25) is 0 Å². The van der Waals surface area contributed by atoms with E-state index in [0.29, 0.717) is 0 Å². The van der Waals surface area contributed by atoms with Crippen molar-refractivity contribution in [3.63, 3.8) is 0 Å². The zero-order chi connectivity index (χ0) is 9.45. The molecule has 0 radical (unpaired) electrons. The van der Waals surface area contributed by atoms with Crippen LogP contribution < -0.4 is 0 Å². The molecule has 0 saturated carbocycles. The highest BCUT2D eigenvalue weighted by atomic mass is 35.7. The van der Waals surface area contributed by atoms with Gasteiger partial charge in [0, 0.05) is 0 Å². The van der Waals surface area contributed by atoms with E-state index in [2.05, 4.69) is 13.8 Å². The maximum absolute atomic E-state index is 6.22. The van der Waals surface area contributed by atoms with E-state index in [1.165, 1.54) is 25.7 Å². The lowest BCUT2D eigenvalue weighted by Gasteiger charge is -2.14. The van der Waals surface area contributed by atoms with Crippen molar-refractivity contribution in [2.24, 2.45) is 0 Å². The van der Waals surface area contributed by atoms with E-state index in [9.17, 15) is 0 Å². The lowest BCUT2D eigenvalue weighted by Crippen LogP contribution is -2.17. The molecule has 0 aliphatic rings. The van der Waals surface area contributed by atoms with Crippen molar-refractivity contribution in [1.29, 1.82) is 0 Å². The summed E-state index contributed by atoms with van der Waals surface area (Å²) in [5, 5.41) is 0. The van der Waals surface area contributed by atoms with Gasteiger partial charge in [-0.05, 0) is 12.1 Å². The standard InChI is InChI=1S/C9H20Cl2Si/c1-3-5-6-7-9-12(10,11)8-4-2/h3-9H2,1-2H3. The van der Waals surface area contributed by atoms with E-state index in [0.717, 1.165) is 18.5 Å². The Labute approximate surface area is 87.1 Å². The van der Waals surface area contributed by atoms with Crippen molar-refractivity contribution in [2.75, 3.05) is 0 Å². The zero-order valence-electron chi connectivity index (χ0n) is 8.21. The minimum absolute atomic E-state index is 1.06. The maximum atomic E-state index is 6.22. The fraction of sp³-hybridized carbons (Fsp3) is 1.00. The predicted octanol–water partition coefficient (Wildman–Crippen LogP) is 4.90. The van der Waals surface area contributed by atoms with Gasteiger partial charge < -0.3 is 0 Å². The summed E-state index contributed by atoms with van der Waals surface area (Å²) in [6.07, 6.45) is 6.27. The first-order valence-corrected chi connectivity index (χ1v) is 9.44. The van der Waals surface area contributed by atoms with Gasteiger partial charge in [0.25, 0.3) is 6.69 Å². The lowest BCUT2D eigenvalue weighted by molar-refractivity contribution is 0.698. The summed E-state index contributed by atoms with van der Waals surface area (Å²) in [7, 11) is 0. The molecule has 0 aromatic heterocycles. The second-order valence-electron chi connectivity index (χ2n) is 3.42. The molecule has 0 aliphatic heterocycles. The van der Waals surface area contributed by atoms with Crippen molar-refractivity contribution in [2.45, 2.75) is 58.0 Å². The Morgan fingerprint density at radius 1 is 0.833 bits per heavy atom. The number of hydrogen-bond donors (Lipinski definition) is 0. The molecule has 0 aromatic rings. The Morgan fingerprint density at radius 2 is 1.50 bits per heavy atom. The molecule has 0 heterocycles. The van der Waals surface area contributed by atoms with E-state index in [1.54, 1.807) is 0 Å². The van der Waals surface area contributed by atoms with Gasteiger partial charge in [0.05, 0.1) is 0 Å². The van der Waals surface area contributed by atoms with Crippen LogP contribution in [0.5, 0.6) is 0 Å². The van der Waals surface area contributed by atoms with E-state index in [-0.39, 0.29) is 0 Å². The molecular weight excluding hydrogens is 207 g/mol. The molecule has 0 amide bonds. The fourth-order valence-electron chi connectivity index (χ4n) is 1.30. The van der Waals surface area contributed by atoms with E-state index in [4.69, 9.17) is 22.2 Å². The fourth-order valence-corrected chi connectivity index (χ4v) is 4.99. The van der Waals surface area contributed by atoms with Crippen LogP contribution in [0.4, 0.5) is 0 Å². The van der Waals surface area contributed by atoms with Crippen LogP contribution in [0.1, 0.15) is 46.0 Å². The highest BCUT2D eigenvalue weighted by molar-refractivity contribution is 7.45. The van der Waals surface area contributed by atoms with Gasteiger partial charge in [-0.1, -0.05) is 46.0 Å². The van der Waals surface area contributed by atoms with Gasteiger partial charge in [-0.25, -0.2) is 0 Å². The number of hydrogen-bond acceptors (Lipinski definition) is 0. The molecule has 0 fully saturated rings. The average Bonchev–Trinajstić information content (AvgIpc) is 1.98. The summed E-state index contributed by atoms with van der Waals surface area (Å²) in [6.45, 7) is 2.56. The summed E-state index contributed by atoms with van der Waals surface area (Å²) in [6, 6.07) is 2.15. The van der Waals surface area contributed by atoms with Crippen molar-refractivity contribution in [1.82, 2.24) is 0 Å². The third kappa shape index (κ3) is 7.45. The largest absolute Gasteiger partial charge is 0.251 e. The third-order valence-electron chi connectivity index (χ3n) is 2.01. The zero-order valence-corrected chi connectivity index (χ0v) is 10.7. The minimum Gasteiger partial charge on any atom is -0.146 e. The van der Waals surface area contributed by atoms with Crippen LogP contribution in [0.2, 0.25) is 12.1 Å². The molecule has 0 atom stereocenters. The smallest absolute Gasteiger partial charge is 0.146 e. The summed E-state index contributed by atoms with van der Waals surface area (Å²) < 4.78 is 0. The third-order valence-corrected chi connectivity index (χ3v) is 6.60. The van der Waals surface area contributed by atoms with Crippen molar-refractivity contribution >= 4 is 28.9 Å². The van der Waals surface area contributed by atoms with Gasteiger partial charge in [0.15, 0.2) is 0 Å². The van der Waals surface area contributed by atoms with Crippen LogP contribution in [0, 0.1) is 0 Å². The van der Waals surface area contributed by atoms with Crippen LogP contribution in [0.15, 0.2) is 0 Å². The van der Waals surface area contributed by atoms with Crippen LogP contribution in [-0.4, -0.2) is 6.69 Å². The van der Waals surface area contributed by atoms with E-state index in [1.807, 2.05) is 0 Å². The first kappa shape index (κ1) is 12.8. The Balaban J connectivity index is 3.33. The molecule has 3 heteroatoms. The molecule has 0 aromatic carbocycles. The van der Waals surface area contributed by atoms with Crippen molar-refractivity contribution in [3.05, 3.63) is 0 Å². The number of unbranched alkanes of at least 4 members (excludes halogenated alkanes) is 3. The SMILES string of the molecule is CCCCCC[Si](Cl)(Cl)CCC. The Bertz CT molecular complexity index is 105. The molecule has 12 heavy (non-hydrogen) atoms. The minimum atomic E-state index is -1.81. The summed E-state index contributed by atoms with van der Waals surface area (Å²) in [5.41, 5.74) is 0. The van der Waals surface area contributed by atoms with Crippen LogP contribution >= 0.6 is 22.2 Å². The molecule has 0 aliphatic carbocycles. The summed E-state index contributed by atoms with van der Waals surface area (Å²) in [4.78, 5) is 0. The van der Waals surface area contributed by atoms with Crippen LogP contribution in [0.25, 0.3) is 0 Å². The van der Waals surface area contributed by atoms with Gasteiger partial charge >= 0.3 is 0 Å². The van der Waals surface area contributed by atoms with Crippen molar-refractivity contribution < 1.29 is 0 Å². The van der Waals surface area contributed by atoms with E-state index >= 15 is 0 Å². The number of rotatable bonds is 7. The Kier molecular flexibility index (Phi) is 7.70. The molecule has 0 saturated heterocycles. The Hall–Kier alpha value is 0.797. The highest BCUT2D eigenvalue weighted by Crippen LogP contribution is 2.29. The molecule has 0 rings (SSSR count). The predicted molar refractivity (Wildman–Crippen MR) is 61.5 cm³/mol. The van der Waals surface area contributed by atoms with Gasteiger partial charge in [-0.15, -0.1) is 22.2 Å². The van der Waals surface area contributed by atoms with Crippen molar-refractivity contribution in [3.8, 4) is 0 Å². The average molecular weight is 227 g/mol. The molecule has 0 N–H and O–H groups in total. The Morgan fingerprint density at radius 3 is 2.00 bits per heavy atom. The van der Waals surface area contributed by atoms with Gasteiger partial charge in [-0.2, -0.15) is 0 Å². The number of halogens is 2.